The average molecular weight is 639 g/mol. The van der Waals surface area contributed by atoms with Gasteiger partial charge in [-0.05, 0) is 78.9 Å². The van der Waals surface area contributed by atoms with E-state index in [2.05, 4.69) is 55.4 Å². The lowest BCUT2D eigenvalue weighted by Crippen LogP contribution is -2.47. The van der Waals surface area contributed by atoms with Crippen molar-refractivity contribution in [3.05, 3.63) is 112 Å². The van der Waals surface area contributed by atoms with E-state index in [0.29, 0.717) is 35.3 Å². The molecule has 1 saturated heterocycles. The van der Waals surface area contributed by atoms with Gasteiger partial charge in [0.15, 0.2) is 0 Å². The Balaban J connectivity index is 1.21. The molecule has 0 atom stereocenters. The van der Waals surface area contributed by atoms with E-state index in [9.17, 15) is 14.3 Å². The molecule has 0 saturated carbocycles. The van der Waals surface area contributed by atoms with Crippen LogP contribution in [0.3, 0.4) is 0 Å². The lowest BCUT2D eigenvalue weighted by molar-refractivity contribution is 0.0780. The standard InChI is InChI=1S/C37H40F2N6O2/c1-23-30(19-28(38)20-33(23)43-36(46)29-9-8-27(18-32(29)39)37(2,3)47)35-31-16-26(17-34(31)41-22-42-35)25-6-4-24(5-7-25)21-45-14-12-44(11-10-40)13-15-45/h4-9,16,18-20,22,47H,10-15,17,21,40H2,1-3H3,(H,43,46). The summed E-state index contributed by atoms with van der Waals surface area (Å²) in [5, 5.41) is 12.9. The molecular formula is C37H40F2N6O2. The van der Waals surface area contributed by atoms with Crippen LogP contribution in [0.2, 0.25) is 0 Å². The quantitative estimate of drug-likeness (QED) is 0.226. The van der Waals surface area contributed by atoms with Crippen molar-refractivity contribution in [1.82, 2.24) is 19.8 Å². The predicted octanol–water partition coefficient (Wildman–Crippen LogP) is 5.38. The summed E-state index contributed by atoms with van der Waals surface area (Å²) >= 11 is 0. The molecule has 0 spiro atoms. The number of carbonyl (C=O) groups is 1. The zero-order valence-electron chi connectivity index (χ0n) is 27.0. The van der Waals surface area contributed by atoms with Crippen molar-refractivity contribution in [3.8, 4) is 11.3 Å². The summed E-state index contributed by atoms with van der Waals surface area (Å²) in [7, 11) is 0. The molecule has 6 rings (SSSR count). The first-order chi connectivity index (χ1) is 22.5. The molecule has 2 heterocycles. The van der Waals surface area contributed by atoms with Crippen molar-refractivity contribution in [2.75, 3.05) is 44.6 Å². The third-order valence-corrected chi connectivity index (χ3v) is 9.08. The van der Waals surface area contributed by atoms with Crippen LogP contribution >= 0.6 is 0 Å². The summed E-state index contributed by atoms with van der Waals surface area (Å²) in [5.74, 6) is -2.07. The molecule has 1 aliphatic heterocycles. The molecule has 1 aliphatic carbocycles. The summed E-state index contributed by atoms with van der Waals surface area (Å²) < 4.78 is 29.9. The number of allylic oxidation sites excluding steroid dienone is 1. The van der Waals surface area contributed by atoms with Crippen LogP contribution in [0.5, 0.6) is 0 Å². The van der Waals surface area contributed by atoms with Crippen LogP contribution in [0.1, 0.15) is 57.7 Å². The molecule has 4 N–H and O–H groups in total. The maximum absolute atomic E-state index is 15.0. The second kappa shape index (κ2) is 13.4. The van der Waals surface area contributed by atoms with Gasteiger partial charge in [-0.25, -0.2) is 18.7 Å². The molecule has 1 aromatic heterocycles. The predicted molar refractivity (Wildman–Crippen MR) is 181 cm³/mol. The number of nitrogens with zero attached hydrogens (tertiary/aromatic N) is 4. The first-order valence-corrected chi connectivity index (χ1v) is 15.9. The third kappa shape index (κ3) is 7.16. The molecule has 8 nitrogen and oxygen atoms in total. The van der Waals surface area contributed by atoms with Crippen LogP contribution in [0, 0.1) is 18.6 Å². The van der Waals surface area contributed by atoms with Gasteiger partial charge in [-0.1, -0.05) is 30.3 Å². The number of aliphatic hydroxyl groups is 1. The monoisotopic (exact) mass is 638 g/mol. The summed E-state index contributed by atoms with van der Waals surface area (Å²) in [5.41, 5.74) is 11.5. The number of amides is 1. The molecule has 0 bridgehead atoms. The van der Waals surface area contributed by atoms with Crippen LogP contribution in [0.15, 0.2) is 60.9 Å². The minimum absolute atomic E-state index is 0.210. The second-order valence-electron chi connectivity index (χ2n) is 12.9. The van der Waals surface area contributed by atoms with E-state index < -0.39 is 23.1 Å². The highest BCUT2D eigenvalue weighted by Gasteiger charge is 2.24. The fraction of sp³-hybridized carbons (Fsp3) is 0.324. The van der Waals surface area contributed by atoms with E-state index in [1.165, 1.54) is 50.0 Å². The molecule has 0 unspecified atom stereocenters. The lowest BCUT2D eigenvalue weighted by atomic mass is 9.96. The first kappa shape index (κ1) is 32.6. The number of carbonyl (C=O) groups excluding carboxylic acids is 1. The van der Waals surface area contributed by atoms with Crippen molar-refractivity contribution >= 4 is 23.2 Å². The first-order valence-electron chi connectivity index (χ1n) is 15.9. The third-order valence-electron chi connectivity index (χ3n) is 9.08. The van der Waals surface area contributed by atoms with Gasteiger partial charge < -0.3 is 16.2 Å². The van der Waals surface area contributed by atoms with E-state index in [0.717, 1.165) is 67.7 Å². The Morgan fingerprint density at radius 3 is 2.40 bits per heavy atom. The zero-order chi connectivity index (χ0) is 33.3. The zero-order valence-corrected chi connectivity index (χ0v) is 27.0. The Labute approximate surface area is 274 Å². The number of hydrogen-bond donors (Lipinski definition) is 3. The minimum atomic E-state index is -1.26. The Morgan fingerprint density at radius 1 is 1.00 bits per heavy atom. The van der Waals surface area contributed by atoms with Crippen LogP contribution in [0.25, 0.3) is 22.9 Å². The number of nitrogens with two attached hydrogens (primary N) is 1. The molecular weight excluding hydrogens is 598 g/mol. The van der Waals surface area contributed by atoms with Crippen molar-refractivity contribution in [3.63, 3.8) is 0 Å². The van der Waals surface area contributed by atoms with E-state index in [-0.39, 0.29) is 11.3 Å². The molecule has 1 amide bonds. The number of anilines is 1. The van der Waals surface area contributed by atoms with Crippen LogP contribution in [-0.4, -0.2) is 70.1 Å². The van der Waals surface area contributed by atoms with Gasteiger partial charge in [0.1, 0.15) is 18.0 Å². The van der Waals surface area contributed by atoms with Gasteiger partial charge >= 0.3 is 0 Å². The van der Waals surface area contributed by atoms with Crippen LogP contribution in [-0.2, 0) is 18.6 Å². The lowest BCUT2D eigenvalue weighted by Gasteiger charge is -2.34. The van der Waals surface area contributed by atoms with E-state index >= 15 is 4.39 Å². The highest BCUT2D eigenvalue weighted by Crippen LogP contribution is 2.38. The number of rotatable bonds is 9. The Bertz CT molecular complexity index is 1830. The van der Waals surface area contributed by atoms with Gasteiger partial charge in [-0.3, -0.25) is 14.6 Å². The number of halogens is 2. The molecule has 3 aromatic carbocycles. The molecule has 2 aliphatic rings. The highest BCUT2D eigenvalue weighted by molar-refractivity contribution is 6.05. The second-order valence-corrected chi connectivity index (χ2v) is 12.9. The fourth-order valence-electron chi connectivity index (χ4n) is 6.29. The van der Waals surface area contributed by atoms with Crippen molar-refractivity contribution in [2.45, 2.75) is 39.3 Å². The van der Waals surface area contributed by atoms with Gasteiger partial charge in [0.2, 0.25) is 0 Å². The fourth-order valence-corrected chi connectivity index (χ4v) is 6.29. The van der Waals surface area contributed by atoms with Crippen molar-refractivity contribution < 1.29 is 18.7 Å². The number of fused-ring (bicyclic) bond motifs is 1. The number of nitrogens with one attached hydrogen (secondary N) is 1. The maximum atomic E-state index is 15.0. The number of benzene rings is 3. The normalized spacial score (nSPS) is 15.4. The number of aromatic nitrogens is 2. The molecule has 1 fully saturated rings. The topological polar surface area (TPSA) is 108 Å². The summed E-state index contributed by atoms with van der Waals surface area (Å²) in [6, 6.07) is 15.2. The van der Waals surface area contributed by atoms with Gasteiger partial charge in [-0.2, -0.15) is 0 Å². The maximum Gasteiger partial charge on any atom is 0.258 e. The molecule has 47 heavy (non-hydrogen) atoms. The number of piperazine rings is 1. The Kier molecular flexibility index (Phi) is 9.29. The summed E-state index contributed by atoms with van der Waals surface area (Å²) in [4.78, 5) is 27.0. The van der Waals surface area contributed by atoms with Gasteiger partial charge in [-0.15, -0.1) is 0 Å². The Hall–Kier alpha value is -4.35. The molecule has 10 heteroatoms. The molecule has 244 valence electrons. The molecule has 4 aromatic rings. The SMILES string of the molecule is Cc1c(NC(=O)c2ccc(C(C)(C)O)cc2F)cc(F)cc1-c1ncnc2c1C=C(c1ccc(CN3CCN(CCN)CC3)cc1)C2. The van der Waals surface area contributed by atoms with E-state index in [1.54, 1.807) is 6.92 Å². The Morgan fingerprint density at radius 2 is 1.72 bits per heavy atom. The van der Waals surface area contributed by atoms with Crippen molar-refractivity contribution in [2.24, 2.45) is 5.73 Å². The summed E-state index contributed by atoms with van der Waals surface area (Å²) in [6.07, 6.45) is 4.15. The number of hydrogen-bond acceptors (Lipinski definition) is 7. The molecule has 0 radical (unpaired) electrons. The average Bonchev–Trinajstić information content (AvgIpc) is 3.48. The van der Waals surface area contributed by atoms with E-state index in [4.69, 9.17) is 5.73 Å². The van der Waals surface area contributed by atoms with Gasteiger partial charge in [0, 0.05) is 69.0 Å². The minimum Gasteiger partial charge on any atom is -0.386 e. The summed E-state index contributed by atoms with van der Waals surface area (Å²) in [6.45, 7) is 11.5. The van der Waals surface area contributed by atoms with Crippen LogP contribution < -0.4 is 11.1 Å². The largest absolute Gasteiger partial charge is 0.386 e. The smallest absolute Gasteiger partial charge is 0.258 e. The van der Waals surface area contributed by atoms with Gasteiger partial charge in [0.25, 0.3) is 5.91 Å². The van der Waals surface area contributed by atoms with E-state index in [1.807, 2.05) is 0 Å². The van der Waals surface area contributed by atoms with Crippen LogP contribution in [0.4, 0.5) is 14.5 Å². The highest BCUT2D eigenvalue weighted by atomic mass is 19.1. The van der Waals surface area contributed by atoms with Gasteiger partial charge in [0.05, 0.1) is 22.6 Å². The van der Waals surface area contributed by atoms with Crippen molar-refractivity contribution in [1.29, 1.82) is 0 Å².